The zero-order chi connectivity index (χ0) is 15.0. The molecule has 4 nitrogen and oxygen atoms in total. The third kappa shape index (κ3) is 6.16. The van der Waals surface area contributed by atoms with Gasteiger partial charge in [-0.15, -0.1) is 6.58 Å². The molecule has 0 aliphatic rings. The average Bonchev–Trinajstić information content (AvgIpc) is 2.39. The number of thiocarbonyl (C=S) groups is 1. The molecule has 0 unspecified atom stereocenters. The predicted octanol–water partition coefficient (Wildman–Crippen LogP) is 3.22. The summed E-state index contributed by atoms with van der Waals surface area (Å²) in [5, 5.41) is 7.43. The van der Waals surface area contributed by atoms with Gasteiger partial charge in [0.25, 0.3) is 0 Å². The Morgan fingerprint density at radius 3 is 2.90 bits per heavy atom. The lowest BCUT2D eigenvalue weighted by Gasteiger charge is -2.11. The minimum Gasteiger partial charge on any atom is -0.490 e. The van der Waals surface area contributed by atoms with E-state index in [0.29, 0.717) is 11.7 Å². The van der Waals surface area contributed by atoms with Crippen molar-refractivity contribution in [1.29, 1.82) is 0 Å². The van der Waals surface area contributed by atoms with Gasteiger partial charge in [0.15, 0.2) is 5.11 Å². The highest BCUT2D eigenvalue weighted by Crippen LogP contribution is 2.26. The van der Waals surface area contributed by atoms with Gasteiger partial charge < -0.3 is 10.1 Å². The van der Waals surface area contributed by atoms with Crippen molar-refractivity contribution in [1.82, 2.24) is 10.7 Å². The van der Waals surface area contributed by atoms with Crippen LogP contribution in [0.15, 0.2) is 40.4 Å². The monoisotopic (exact) mass is 355 g/mol. The number of benzene rings is 1. The van der Waals surface area contributed by atoms with Crippen molar-refractivity contribution in [2.24, 2.45) is 5.10 Å². The molecule has 0 aliphatic heterocycles. The van der Waals surface area contributed by atoms with E-state index in [-0.39, 0.29) is 6.10 Å². The molecule has 1 aromatic rings. The van der Waals surface area contributed by atoms with Gasteiger partial charge in [-0.05, 0) is 65.8 Å². The maximum absolute atomic E-state index is 5.64. The number of nitrogens with zero attached hydrogens (tertiary/aromatic N) is 1. The maximum atomic E-state index is 5.64. The third-order valence-corrected chi connectivity index (χ3v) is 2.96. The SMILES string of the molecule is C=CCNC(=S)N/N=C/c1ccc(OC(C)C)c(Br)c1. The van der Waals surface area contributed by atoms with E-state index in [1.807, 2.05) is 32.0 Å². The normalized spacial score (nSPS) is 10.6. The van der Waals surface area contributed by atoms with Crippen LogP contribution in [0.1, 0.15) is 19.4 Å². The molecule has 6 heteroatoms. The summed E-state index contributed by atoms with van der Waals surface area (Å²) < 4.78 is 6.53. The minimum absolute atomic E-state index is 0.140. The molecule has 0 aromatic heterocycles. The van der Waals surface area contributed by atoms with Gasteiger partial charge >= 0.3 is 0 Å². The second kappa shape index (κ2) is 8.71. The second-order valence-electron chi connectivity index (χ2n) is 4.23. The number of hydrogen-bond acceptors (Lipinski definition) is 3. The maximum Gasteiger partial charge on any atom is 0.187 e. The first kappa shape index (κ1) is 16.7. The number of ether oxygens (including phenoxy) is 1. The molecule has 0 radical (unpaired) electrons. The highest BCUT2D eigenvalue weighted by atomic mass is 79.9. The van der Waals surface area contributed by atoms with Crippen LogP contribution in [0.5, 0.6) is 5.75 Å². The molecule has 0 saturated heterocycles. The lowest BCUT2D eigenvalue weighted by Crippen LogP contribution is -2.31. The zero-order valence-corrected chi connectivity index (χ0v) is 13.9. The molecule has 0 heterocycles. The number of nitrogens with one attached hydrogen (secondary N) is 2. The van der Waals surface area contributed by atoms with Crippen LogP contribution in [0.4, 0.5) is 0 Å². The third-order valence-electron chi connectivity index (χ3n) is 2.11. The molecule has 1 aromatic carbocycles. The van der Waals surface area contributed by atoms with E-state index in [0.717, 1.165) is 15.8 Å². The van der Waals surface area contributed by atoms with E-state index in [9.17, 15) is 0 Å². The fourth-order valence-corrected chi connectivity index (χ4v) is 1.94. The lowest BCUT2D eigenvalue weighted by atomic mass is 10.2. The smallest absolute Gasteiger partial charge is 0.187 e. The molecule has 1 rings (SSSR count). The Labute approximate surface area is 133 Å². The van der Waals surface area contributed by atoms with Crippen molar-refractivity contribution in [3.05, 3.63) is 40.9 Å². The topological polar surface area (TPSA) is 45.7 Å². The quantitative estimate of drug-likeness (QED) is 0.356. The molecule has 2 N–H and O–H groups in total. The van der Waals surface area contributed by atoms with E-state index in [4.69, 9.17) is 17.0 Å². The number of hydrogen-bond donors (Lipinski definition) is 2. The summed E-state index contributed by atoms with van der Waals surface area (Å²) >= 11 is 8.49. The van der Waals surface area contributed by atoms with Crippen LogP contribution in [0.3, 0.4) is 0 Å². The van der Waals surface area contributed by atoms with E-state index in [2.05, 4.69) is 38.4 Å². The Morgan fingerprint density at radius 2 is 2.30 bits per heavy atom. The van der Waals surface area contributed by atoms with Crippen LogP contribution in [0.2, 0.25) is 0 Å². The fraction of sp³-hybridized carbons (Fsp3) is 0.286. The number of halogens is 1. The van der Waals surface area contributed by atoms with Gasteiger partial charge in [0.05, 0.1) is 16.8 Å². The van der Waals surface area contributed by atoms with Crippen LogP contribution < -0.4 is 15.5 Å². The van der Waals surface area contributed by atoms with Gasteiger partial charge in [0.2, 0.25) is 0 Å². The average molecular weight is 356 g/mol. The lowest BCUT2D eigenvalue weighted by molar-refractivity contribution is 0.241. The molecular weight excluding hydrogens is 338 g/mol. The number of rotatable bonds is 6. The summed E-state index contributed by atoms with van der Waals surface area (Å²) in [6.45, 7) is 8.18. The van der Waals surface area contributed by atoms with Gasteiger partial charge in [-0.1, -0.05) is 6.08 Å². The first-order chi connectivity index (χ1) is 9.52. The van der Waals surface area contributed by atoms with Crippen LogP contribution in [-0.4, -0.2) is 24.0 Å². The van der Waals surface area contributed by atoms with Gasteiger partial charge in [-0.2, -0.15) is 5.10 Å². The van der Waals surface area contributed by atoms with Crippen molar-refractivity contribution in [2.75, 3.05) is 6.54 Å². The highest BCUT2D eigenvalue weighted by Gasteiger charge is 2.03. The fourth-order valence-electron chi connectivity index (χ4n) is 1.32. The molecule has 0 atom stereocenters. The summed E-state index contributed by atoms with van der Waals surface area (Å²) in [6.07, 6.45) is 3.55. The molecule has 108 valence electrons. The van der Waals surface area contributed by atoms with E-state index in [1.165, 1.54) is 0 Å². The van der Waals surface area contributed by atoms with Crippen molar-refractivity contribution in [2.45, 2.75) is 20.0 Å². The Bertz CT molecular complexity index is 503. The Morgan fingerprint density at radius 1 is 1.55 bits per heavy atom. The van der Waals surface area contributed by atoms with E-state index < -0.39 is 0 Å². The van der Waals surface area contributed by atoms with Gasteiger partial charge in [-0.3, -0.25) is 5.43 Å². The summed E-state index contributed by atoms with van der Waals surface area (Å²) in [7, 11) is 0. The standard InChI is InChI=1S/C14H18BrN3OS/c1-4-7-16-14(20)18-17-9-11-5-6-13(12(15)8-11)19-10(2)3/h4-6,8-10H,1,7H2,2-3H3,(H2,16,18,20)/b17-9+. The molecule has 20 heavy (non-hydrogen) atoms. The molecule has 0 saturated carbocycles. The molecule has 0 spiro atoms. The molecular formula is C14H18BrN3OS. The zero-order valence-electron chi connectivity index (χ0n) is 11.5. The van der Waals surface area contributed by atoms with Crippen molar-refractivity contribution < 1.29 is 4.74 Å². The largest absolute Gasteiger partial charge is 0.490 e. The molecule has 0 fully saturated rings. The van der Waals surface area contributed by atoms with E-state index >= 15 is 0 Å². The molecule has 0 aliphatic carbocycles. The minimum atomic E-state index is 0.140. The summed E-state index contributed by atoms with van der Waals surface area (Å²) in [5.74, 6) is 0.813. The van der Waals surface area contributed by atoms with Crippen LogP contribution in [0, 0.1) is 0 Å². The summed E-state index contributed by atoms with van der Waals surface area (Å²) in [4.78, 5) is 0. The van der Waals surface area contributed by atoms with Crippen molar-refractivity contribution in [3.8, 4) is 5.75 Å². The first-order valence-electron chi connectivity index (χ1n) is 6.17. The predicted molar refractivity (Wildman–Crippen MR) is 91.4 cm³/mol. The van der Waals surface area contributed by atoms with Gasteiger partial charge in [0.1, 0.15) is 5.75 Å². The van der Waals surface area contributed by atoms with Crippen molar-refractivity contribution >= 4 is 39.5 Å². The highest BCUT2D eigenvalue weighted by molar-refractivity contribution is 9.10. The van der Waals surface area contributed by atoms with Crippen LogP contribution >= 0.6 is 28.1 Å². The van der Waals surface area contributed by atoms with Gasteiger partial charge in [0, 0.05) is 6.54 Å². The van der Waals surface area contributed by atoms with E-state index in [1.54, 1.807) is 12.3 Å². The summed E-state index contributed by atoms with van der Waals surface area (Å²) in [5.41, 5.74) is 3.66. The number of hydrazone groups is 1. The Balaban J connectivity index is 2.58. The van der Waals surface area contributed by atoms with Gasteiger partial charge in [-0.25, -0.2) is 0 Å². The Hall–Kier alpha value is -1.40. The molecule has 0 bridgehead atoms. The van der Waals surface area contributed by atoms with Crippen LogP contribution in [0.25, 0.3) is 0 Å². The van der Waals surface area contributed by atoms with Crippen LogP contribution in [-0.2, 0) is 0 Å². The van der Waals surface area contributed by atoms with Crippen molar-refractivity contribution in [3.63, 3.8) is 0 Å². The Kier molecular flexibility index (Phi) is 7.25. The molecule has 0 amide bonds. The first-order valence-corrected chi connectivity index (χ1v) is 7.37. The second-order valence-corrected chi connectivity index (χ2v) is 5.49. The summed E-state index contributed by atoms with van der Waals surface area (Å²) in [6, 6.07) is 5.76.